The molecule has 0 saturated heterocycles. The number of hydrogen-bond donors (Lipinski definition) is 2. The fourth-order valence-electron chi connectivity index (χ4n) is 1.82. The van der Waals surface area contributed by atoms with Crippen LogP contribution in [0.5, 0.6) is 5.75 Å². The van der Waals surface area contributed by atoms with Gasteiger partial charge in [0.05, 0.1) is 12.0 Å². The number of nitrogens with one attached hydrogen (secondary N) is 1. The molecular formula is C14H23NO4S. The Balaban J connectivity index is 2.98. The summed E-state index contributed by atoms with van der Waals surface area (Å²) in [5, 5.41) is 9.07. The second-order valence-corrected chi connectivity index (χ2v) is 6.76. The number of rotatable bonds is 8. The van der Waals surface area contributed by atoms with Crippen LogP contribution in [-0.4, -0.2) is 33.8 Å². The Kier molecular flexibility index (Phi) is 6.45. The molecule has 0 aromatic heterocycles. The zero-order valence-corrected chi connectivity index (χ0v) is 13.0. The van der Waals surface area contributed by atoms with Gasteiger partial charge in [-0.05, 0) is 42.5 Å². The highest BCUT2D eigenvalue weighted by atomic mass is 32.2. The standard InChI is InChI=1S/C14H23NO4S/c1-11(2)6-8-15-20(17,18)14-5-4-13(19-3)10-12(14)7-9-16/h4-5,10-11,15-16H,6-9H2,1-3H3. The van der Waals surface area contributed by atoms with Gasteiger partial charge in [0.15, 0.2) is 0 Å². The maximum Gasteiger partial charge on any atom is 0.240 e. The molecular weight excluding hydrogens is 278 g/mol. The minimum absolute atomic E-state index is 0.109. The van der Waals surface area contributed by atoms with E-state index in [0.29, 0.717) is 23.8 Å². The van der Waals surface area contributed by atoms with Crippen LogP contribution in [0.2, 0.25) is 0 Å². The molecule has 1 aromatic rings. The van der Waals surface area contributed by atoms with Crippen LogP contribution in [0.4, 0.5) is 0 Å². The van der Waals surface area contributed by atoms with Crippen LogP contribution in [-0.2, 0) is 16.4 Å². The van der Waals surface area contributed by atoms with Crippen molar-refractivity contribution in [3.63, 3.8) is 0 Å². The molecule has 0 aliphatic rings. The van der Waals surface area contributed by atoms with Crippen molar-refractivity contribution < 1.29 is 18.3 Å². The van der Waals surface area contributed by atoms with Crippen LogP contribution in [0.15, 0.2) is 23.1 Å². The normalized spacial score (nSPS) is 11.8. The van der Waals surface area contributed by atoms with Crippen LogP contribution in [0, 0.1) is 5.92 Å². The van der Waals surface area contributed by atoms with Crippen LogP contribution >= 0.6 is 0 Å². The van der Waals surface area contributed by atoms with Crippen LogP contribution in [0.3, 0.4) is 0 Å². The number of aliphatic hydroxyl groups excluding tert-OH is 1. The third-order valence-electron chi connectivity index (χ3n) is 2.95. The quantitative estimate of drug-likeness (QED) is 0.764. The van der Waals surface area contributed by atoms with Crippen molar-refractivity contribution in [2.75, 3.05) is 20.3 Å². The van der Waals surface area contributed by atoms with Gasteiger partial charge in [-0.25, -0.2) is 13.1 Å². The molecule has 6 heteroatoms. The van der Waals surface area contributed by atoms with Crippen LogP contribution < -0.4 is 9.46 Å². The van der Waals surface area contributed by atoms with E-state index in [-0.39, 0.29) is 17.9 Å². The van der Waals surface area contributed by atoms with Gasteiger partial charge < -0.3 is 9.84 Å². The van der Waals surface area contributed by atoms with E-state index in [4.69, 9.17) is 9.84 Å². The number of aliphatic hydroxyl groups is 1. The van der Waals surface area contributed by atoms with Crippen molar-refractivity contribution in [3.05, 3.63) is 23.8 Å². The Labute approximate surface area is 121 Å². The molecule has 0 aliphatic heterocycles. The summed E-state index contributed by atoms with van der Waals surface area (Å²) in [6.07, 6.45) is 1.06. The lowest BCUT2D eigenvalue weighted by Crippen LogP contribution is -2.26. The summed E-state index contributed by atoms with van der Waals surface area (Å²) in [6.45, 7) is 4.38. The van der Waals surface area contributed by atoms with E-state index in [1.807, 2.05) is 13.8 Å². The number of hydrogen-bond acceptors (Lipinski definition) is 4. The molecule has 0 fully saturated rings. The number of methoxy groups -OCH3 is 1. The van der Waals surface area contributed by atoms with E-state index in [0.717, 1.165) is 6.42 Å². The molecule has 2 N–H and O–H groups in total. The number of benzene rings is 1. The van der Waals surface area contributed by atoms with Gasteiger partial charge in [0.2, 0.25) is 10.0 Å². The minimum Gasteiger partial charge on any atom is -0.497 e. The molecule has 0 amide bonds. The minimum atomic E-state index is -3.55. The van der Waals surface area contributed by atoms with Gasteiger partial charge >= 0.3 is 0 Å². The van der Waals surface area contributed by atoms with Crippen molar-refractivity contribution in [2.24, 2.45) is 5.92 Å². The second kappa shape index (κ2) is 7.61. The highest BCUT2D eigenvalue weighted by Gasteiger charge is 2.18. The third-order valence-corrected chi connectivity index (χ3v) is 4.51. The molecule has 5 nitrogen and oxygen atoms in total. The van der Waals surface area contributed by atoms with Crippen molar-refractivity contribution in [3.8, 4) is 5.75 Å². The topological polar surface area (TPSA) is 75.6 Å². The molecule has 0 unspecified atom stereocenters. The van der Waals surface area contributed by atoms with E-state index in [2.05, 4.69) is 4.72 Å². The summed E-state index contributed by atoms with van der Waals surface area (Å²) >= 11 is 0. The van der Waals surface area contributed by atoms with Gasteiger partial charge in [-0.2, -0.15) is 0 Å². The van der Waals surface area contributed by atoms with Crippen LogP contribution in [0.1, 0.15) is 25.8 Å². The summed E-state index contributed by atoms with van der Waals surface area (Å²) in [7, 11) is -2.03. The fourth-order valence-corrected chi connectivity index (χ4v) is 3.12. The summed E-state index contributed by atoms with van der Waals surface area (Å²) < 4.78 is 32.2. The number of ether oxygens (including phenoxy) is 1. The summed E-state index contributed by atoms with van der Waals surface area (Å²) in [5.74, 6) is 1.01. The molecule has 114 valence electrons. The van der Waals surface area contributed by atoms with Gasteiger partial charge in [-0.1, -0.05) is 13.8 Å². The smallest absolute Gasteiger partial charge is 0.240 e. The molecule has 0 aliphatic carbocycles. The SMILES string of the molecule is COc1ccc(S(=O)(=O)NCCC(C)C)c(CCO)c1. The first-order valence-corrected chi connectivity index (χ1v) is 8.16. The Morgan fingerprint density at radius 3 is 2.60 bits per heavy atom. The molecule has 0 spiro atoms. The highest BCUT2D eigenvalue weighted by Crippen LogP contribution is 2.22. The molecule has 0 radical (unpaired) electrons. The van der Waals surface area contributed by atoms with Gasteiger partial charge in [-0.15, -0.1) is 0 Å². The van der Waals surface area contributed by atoms with Crippen molar-refractivity contribution in [2.45, 2.75) is 31.6 Å². The first-order valence-electron chi connectivity index (χ1n) is 6.68. The van der Waals surface area contributed by atoms with E-state index >= 15 is 0 Å². The van der Waals surface area contributed by atoms with Gasteiger partial charge in [0.1, 0.15) is 5.75 Å². The lowest BCUT2D eigenvalue weighted by molar-refractivity contribution is 0.298. The molecule has 0 bridgehead atoms. The summed E-state index contributed by atoms with van der Waals surface area (Å²) in [4.78, 5) is 0.205. The zero-order chi connectivity index (χ0) is 15.2. The van der Waals surface area contributed by atoms with Gasteiger partial charge in [-0.3, -0.25) is 0 Å². The monoisotopic (exact) mass is 301 g/mol. The summed E-state index contributed by atoms with van der Waals surface area (Å²) in [6, 6.07) is 4.77. The third kappa shape index (κ3) is 4.77. The van der Waals surface area contributed by atoms with Crippen LogP contribution in [0.25, 0.3) is 0 Å². The van der Waals surface area contributed by atoms with E-state index in [1.165, 1.54) is 13.2 Å². The molecule has 0 atom stereocenters. The molecule has 0 saturated carbocycles. The Bertz CT molecular complexity index is 526. The molecule has 1 rings (SSSR count). The maximum absolute atomic E-state index is 12.3. The van der Waals surface area contributed by atoms with Gasteiger partial charge in [0.25, 0.3) is 0 Å². The predicted octanol–water partition coefficient (Wildman–Crippen LogP) is 1.55. The second-order valence-electron chi connectivity index (χ2n) is 5.03. The molecule has 20 heavy (non-hydrogen) atoms. The summed E-state index contributed by atoms with van der Waals surface area (Å²) in [5.41, 5.74) is 0.559. The lowest BCUT2D eigenvalue weighted by Gasteiger charge is -2.13. The lowest BCUT2D eigenvalue weighted by atomic mass is 10.1. The van der Waals surface area contributed by atoms with Crippen molar-refractivity contribution >= 4 is 10.0 Å². The predicted molar refractivity (Wildman–Crippen MR) is 78.4 cm³/mol. The first kappa shape index (κ1) is 16.9. The Morgan fingerprint density at radius 2 is 2.05 bits per heavy atom. The van der Waals surface area contributed by atoms with Crippen molar-refractivity contribution in [1.29, 1.82) is 0 Å². The average Bonchev–Trinajstić information content (AvgIpc) is 2.38. The first-order chi connectivity index (χ1) is 9.40. The fraction of sp³-hybridized carbons (Fsp3) is 0.571. The highest BCUT2D eigenvalue weighted by molar-refractivity contribution is 7.89. The maximum atomic E-state index is 12.3. The van der Waals surface area contributed by atoms with E-state index in [9.17, 15) is 8.42 Å². The molecule has 0 heterocycles. The molecule has 1 aromatic carbocycles. The van der Waals surface area contributed by atoms with Gasteiger partial charge in [0, 0.05) is 13.2 Å². The Morgan fingerprint density at radius 1 is 1.35 bits per heavy atom. The van der Waals surface area contributed by atoms with E-state index in [1.54, 1.807) is 12.1 Å². The van der Waals surface area contributed by atoms with E-state index < -0.39 is 10.0 Å². The average molecular weight is 301 g/mol. The Hall–Kier alpha value is -1.11. The zero-order valence-electron chi connectivity index (χ0n) is 12.2. The number of sulfonamides is 1. The van der Waals surface area contributed by atoms with Crippen molar-refractivity contribution in [1.82, 2.24) is 4.72 Å². The largest absolute Gasteiger partial charge is 0.497 e.